The molecule has 12 nitrogen and oxygen atoms in total. The van der Waals surface area contributed by atoms with Crippen LogP contribution in [0.1, 0.15) is 12.8 Å². The van der Waals surface area contributed by atoms with Crippen LogP contribution in [0, 0.1) is 10.1 Å². The van der Waals surface area contributed by atoms with Gasteiger partial charge in [0, 0.05) is 26.7 Å². The molecule has 140 valence electrons. The largest absolute Gasteiger partial charge is 0.480 e. The van der Waals surface area contributed by atoms with Crippen molar-refractivity contribution in [1.29, 1.82) is 0 Å². The summed E-state index contributed by atoms with van der Waals surface area (Å²) in [6.45, 7) is 0.528. The predicted molar refractivity (Wildman–Crippen MR) is 93.2 cm³/mol. The Morgan fingerprint density at radius 1 is 1.42 bits per heavy atom. The van der Waals surface area contributed by atoms with Crippen molar-refractivity contribution in [3.63, 3.8) is 0 Å². The molecule has 0 amide bonds. The number of carboxylic acids is 1. The van der Waals surface area contributed by atoms with Gasteiger partial charge in [-0.15, -0.1) is 0 Å². The second kappa shape index (κ2) is 8.60. The Morgan fingerprint density at radius 2 is 2.15 bits per heavy atom. The molecule has 0 spiro atoms. The van der Waals surface area contributed by atoms with Crippen LogP contribution in [0.25, 0.3) is 11.0 Å². The highest BCUT2D eigenvalue weighted by Gasteiger charge is 2.23. The highest BCUT2D eigenvalue weighted by atomic mass is 16.6. The van der Waals surface area contributed by atoms with Gasteiger partial charge < -0.3 is 21.1 Å². The van der Waals surface area contributed by atoms with Gasteiger partial charge >= 0.3 is 11.7 Å². The first-order valence-corrected chi connectivity index (χ1v) is 7.75. The molecule has 26 heavy (non-hydrogen) atoms. The van der Waals surface area contributed by atoms with Crippen molar-refractivity contribution in [3.8, 4) is 0 Å². The number of nitrogens with one attached hydrogen (secondary N) is 3. The monoisotopic (exact) mass is 365 g/mol. The van der Waals surface area contributed by atoms with E-state index in [0.717, 1.165) is 0 Å². The third kappa shape index (κ3) is 4.34. The van der Waals surface area contributed by atoms with Gasteiger partial charge in [-0.05, 0) is 29.2 Å². The minimum Gasteiger partial charge on any atom is -0.480 e. The first-order chi connectivity index (χ1) is 12.5. The summed E-state index contributed by atoms with van der Waals surface area (Å²) in [7, 11) is 3.36. The zero-order valence-corrected chi connectivity index (χ0v) is 14.2. The quantitative estimate of drug-likeness (QED) is 0.171. The molecular weight excluding hydrogens is 346 g/mol. The molecule has 4 N–H and O–H groups in total. The molecule has 0 saturated heterocycles. The predicted octanol–water partition coefficient (Wildman–Crippen LogP) is 0.571. The van der Waals surface area contributed by atoms with E-state index in [4.69, 9.17) is 0 Å². The second-order valence-corrected chi connectivity index (χ2v) is 5.28. The molecule has 1 aromatic heterocycles. The Bertz CT molecular complexity index is 819. The van der Waals surface area contributed by atoms with E-state index in [1.165, 1.54) is 12.1 Å². The number of guanidine groups is 1. The third-order valence-electron chi connectivity index (χ3n) is 3.64. The molecule has 2 aromatic rings. The number of fused-ring (bicyclic) bond motifs is 1. The molecule has 0 aliphatic carbocycles. The van der Waals surface area contributed by atoms with Gasteiger partial charge in [0.2, 0.25) is 5.52 Å². The first kappa shape index (κ1) is 18.9. The molecule has 0 unspecified atom stereocenters. The van der Waals surface area contributed by atoms with E-state index in [2.05, 4.69) is 35.9 Å². The fourth-order valence-electron chi connectivity index (χ4n) is 2.35. The minimum absolute atomic E-state index is 0.0383. The topological polar surface area (TPSA) is 168 Å². The number of nitro benzene ring substituents is 1. The van der Waals surface area contributed by atoms with Crippen molar-refractivity contribution in [1.82, 2.24) is 20.9 Å². The number of nitrogens with zero attached hydrogens (tertiary/aromatic N) is 4. The summed E-state index contributed by atoms with van der Waals surface area (Å²) in [5, 5.41) is 36.3. The number of aromatic nitrogens is 2. The van der Waals surface area contributed by atoms with Crippen molar-refractivity contribution in [2.75, 3.05) is 26.0 Å². The Kier molecular flexibility index (Phi) is 6.25. The lowest BCUT2D eigenvalue weighted by Gasteiger charge is -2.16. The van der Waals surface area contributed by atoms with Crippen LogP contribution in [0.3, 0.4) is 0 Å². The molecule has 0 aliphatic heterocycles. The van der Waals surface area contributed by atoms with Gasteiger partial charge in [-0.1, -0.05) is 0 Å². The van der Waals surface area contributed by atoms with Gasteiger partial charge in [-0.2, -0.15) is 0 Å². The summed E-state index contributed by atoms with van der Waals surface area (Å²) in [6, 6.07) is 1.71. The molecule has 1 heterocycles. The average Bonchev–Trinajstić information content (AvgIpc) is 3.10. The normalized spacial score (nSPS) is 12.6. The van der Waals surface area contributed by atoms with Crippen LogP contribution >= 0.6 is 0 Å². The summed E-state index contributed by atoms with van der Waals surface area (Å²) in [5.74, 6) is -0.443. The van der Waals surface area contributed by atoms with E-state index < -0.39 is 16.9 Å². The van der Waals surface area contributed by atoms with Crippen molar-refractivity contribution in [2.24, 2.45) is 4.99 Å². The lowest BCUT2D eigenvalue weighted by molar-refractivity contribution is -0.383. The van der Waals surface area contributed by atoms with E-state index in [0.29, 0.717) is 31.0 Å². The maximum Gasteiger partial charge on any atom is 0.326 e. The molecule has 0 saturated carbocycles. The van der Waals surface area contributed by atoms with Crippen LogP contribution in [-0.2, 0) is 4.79 Å². The number of carbonyl (C=O) groups is 1. The highest BCUT2D eigenvalue weighted by molar-refractivity contribution is 5.94. The number of aliphatic imine (C=N–C) groups is 1. The van der Waals surface area contributed by atoms with E-state index in [1.807, 2.05) is 0 Å². The number of non-ortho nitro benzene ring substituents is 1. The van der Waals surface area contributed by atoms with Gasteiger partial charge in [0.25, 0.3) is 0 Å². The summed E-state index contributed by atoms with van der Waals surface area (Å²) in [4.78, 5) is 25.9. The summed E-state index contributed by atoms with van der Waals surface area (Å²) >= 11 is 0. The van der Waals surface area contributed by atoms with E-state index in [9.17, 15) is 20.0 Å². The maximum atomic E-state index is 11.5. The molecule has 1 aromatic carbocycles. The number of anilines is 1. The van der Waals surface area contributed by atoms with Gasteiger partial charge in [-0.25, -0.2) is 9.42 Å². The van der Waals surface area contributed by atoms with Gasteiger partial charge in [0.15, 0.2) is 11.5 Å². The smallest absolute Gasteiger partial charge is 0.326 e. The second-order valence-electron chi connectivity index (χ2n) is 5.28. The van der Waals surface area contributed by atoms with Crippen molar-refractivity contribution < 1.29 is 19.5 Å². The Hall–Kier alpha value is -3.44. The average molecular weight is 365 g/mol. The molecule has 0 radical (unpaired) electrons. The highest BCUT2D eigenvalue weighted by Crippen LogP contribution is 2.29. The number of benzene rings is 1. The zero-order chi connectivity index (χ0) is 19.1. The van der Waals surface area contributed by atoms with Gasteiger partial charge in [0.05, 0.1) is 10.6 Å². The number of hydrogen-bond acceptors (Lipinski definition) is 8. The summed E-state index contributed by atoms with van der Waals surface area (Å²) in [5.41, 5.74) is 0.113. The van der Waals surface area contributed by atoms with Crippen LogP contribution in [0.15, 0.2) is 21.8 Å². The van der Waals surface area contributed by atoms with Crippen LogP contribution < -0.4 is 16.0 Å². The van der Waals surface area contributed by atoms with Crippen LogP contribution in [0.2, 0.25) is 0 Å². The van der Waals surface area contributed by atoms with E-state index >= 15 is 0 Å². The summed E-state index contributed by atoms with van der Waals surface area (Å²) in [6.07, 6.45) is 0.866. The van der Waals surface area contributed by atoms with Gasteiger partial charge in [0.1, 0.15) is 6.04 Å². The fraction of sp³-hybridized carbons (Fsp3) is 0.429. The number of hydrogen-bond donors (Lipinski definition) is 4. The third-order valence-corrected chi connectivity index (χ3v) is 3.64. The lowest BCUT2D eigenvalue weighted by atomic mass is 10.1. The summed E-state index contributed by atoms with van der Waals surface area (Å²) < 4.78 is 4.57. The Balaban J connectivity index is 2.07. The van der Waals surface area contributed by atoms with E-state index in [-0.39, 0.29) is 16.7 Å². The molecular formula is C14H19N7O5. The van der Waals surface area contributed by atoms with Crippen LogP contribution in [0.4, 0.5) is 11.4 Å². The Labute approximate surface area is 147 Å². The van der Waals surface area contributed by atoms with Crippen molar-refractivity contribution >= 4 is 34.3 Å². The zero-order valence-electron chi connectivity index (χ0n) is 14.2. The number of rotatable bonds is 8. The Morgan fingerprint density at radius 3 is 2.77 bits per heavy atom. The number of aliphatic carboxylic acids is 1. The molecule has 0 bridgehead atoms. The maximum absolute atomic E-state index is 11.5. The number of carboxylic acid groups (broad SMARTS) is 1. The van der Waals surface area contributed by atoms with Crippen molar-refractivity contribution in [2.45, 2.75) is 18.9 Å². The molecule has 12 heteroatoms. The van der Waals surface area contributed by atoms with Crippen molar-refractivity contribution in [3.05, 3.63) is 22.2 Å². The number of nitro groups is 1. The van der Waals surface area contributed by atoms with Gasteiger partial charge in [-0.3, -0.25) is 15.1 Å². The standard InChI is InChI=1S/C14H19N7O5/c1-15-14(16-2)17-7-3-4-9(13(22)23)18-8-5-6-10(21(24)25)12-11(8)19-26-20-12/h5-6,9,18H,3-4,7H2,1-2H3,(H,22,23)(H2,15,16,17)/t9-/m0/s1. The lowest BCUT2D eigenvalue weighted by Crippen LogP contribution is -2.36. The van der Waals surface area contributed by atoms with E-state index in [1.54, 1.807) is 14.1 Å². The van der Waals surface area contributed by atoms with Crippen LogP contribution in [-0.4, -0.2) is 59.0 Å². The molecule has 2 rings (SSSR count). The SMILES string of the molecule is CN=C(NC)NCCC[C@H](Nc1ccc([N+](=O)[O-])c2nonc12)C(=O)O. The molecule has 0 aliphatic rings. The minimum atomic E-state index is -1.05. The first-order valence-electron chi connectivity index (χ1n) is 7.75. The fourth-order valence-corrected chi connectivity index (χ4v) is 2.35. The van der Waals surface area contributed by atoms with Crippen LogP contribution in [0.5, 0.6) is 0 Å². The molecule has 0 fully saturated rings. The molecule has 1 atom stereocenters.